The summed E-state index contributed by atoms with van der Waals surface area (Å²) < 4.78 is 0. The normalized spacial score (nSPS) is 13.8. The first kappa shape index (κ1) is 22.7. The minimum Gasteiger partial charge on any atom is -0.256 e. The zero-order valence-corrected chi connectivity index (χ0v) is 22.9. The molecule has 6 aromatic carbocycles. The van der Waals surface area contributed by atoms with Crippen LogP contribution < -0.4 is 0 Å². The Bertz CT molecular complexity index is 2310. The van der Waals surface area contributed by atoms with E-state index in [1.54, 1.807) is 0 Å². The number of hydrogen-bond acceptors (Lipinski definition) is 2. The van der Waals surface area contributed by atoms with Gasteiger partial charge in [0.2, 0.25) is 0 Å². The summed E-state index contributed by atoms with van der Waals surface area (Å²) in [6, 6.07) is 39.9. The second kappa shape index (κ2) is 7.99. The van der Waals surface area contributed by atoms with E-state index in [1.807, 2.05) is 30.6 Å². The molecule has 1 aliphatic carbocycles. The SMILES string of the molecule is CC1(C)c2cc(-c3ccc(-c4cnc5ccccc5c4)nc3)ccc2-c2c1cc1ccc3cccc4ccc2c1c34. The summed E-state index contributed by atoms with van der Waals surface area (Å²) in [6.45, 7) is 4.74. The molecule has 0 saturated carbocycles. The zero-order chi connectivity index (χ0) is 27.3. The number of pyridine rings is 2. The van der Waals surface area contributed by atoms with Crippen LogP contribution in [0, 0.1) is 0 Å². The average Bonchev–Trinajstić information content (AvgIpc) is 3.25. The second-order valence-electron chi connectivity index (χ2n) is 11.9. The Balaban J connectivity index is 1.17. The van der Waals surface area contributed by atoms with Gasteiger partial charge < -0.3 is 0 Å². The van der Waals surface area contributed by atoms with E-state index < -0.39 is 0 Å². The van der Waals surface area contributed by atoms with Crippen LogP contribution >= 0.6 is 0 Å². The Hall–Kier alpha value is -5.08. The fourth-order valence-electron chi connectivity index (χ4n) is 7.14. The first-order valence-electron chi connectivity index (χ1n) is 14.2. The van der Waals surface area contributed by atoms with Crippen LogP contribution in [0.25, 0.3) is 76.7 Å². The predicted octanol–water partition coefficient (Wildman–Crippen LogP) is 10.2. The molecule has 0 aliphatic heterocycles. The van der Waals surface area contributed by atoms with Gasteiger partial charge in [-0.15, -0.1) is 0 Å². The highest BCUT2D eigenvalue weighted by Gasteiger charge is 2.37. The molecule has 41 heavy (non-hydrogen) atoms. The smallest absolute Gasteiger partial charge is 0.0718 e. The maximum Gasteiger partial charge on any atom is 0.0718 e. The van der Waals surface area contributed by atoms with Crippen molar-refractivity contribution in [3.8, 4) is 33.5 Å². The van der Waals surface area contributed by atoms with E-state index in [2.05, 4.69) is 110 Å². The summed E-state index contributed by atoms with van der Waals surface area (Å²) in [6.07, 6.45) is 3.91. The largest absolute Gasteiger partial charge is 0.256 e. The van der Waals surface area contributed by atoms with E-state index in [0.717, 1.165) is 27.7 Å². The van der Waals surface area contributed by atoms with Gasteiger partial charge in [0.15, 0.2) is 0 Å². The molecule has 0 spiro atoms. The summed E-state index contributed by atoms with van der Waals surface area (Å²) in [7, 11) is 0. The first-order chi connectivity index (χ1) is 20.1. The van der Waals surface area contributed by atoms with Gasteiger partial charge in [-0.25, -0.2) is 0 Å². The number of hydrogen-bond donors (Lipinski definition) is 0. The summed E-state index contributed by atoms with van der Waals surface area (Å²) in [5.41, 5.74) is 10.7. The average molecular weight is 523 g/mol. The third-order valence-corrected chi connectivity index (χ3v) is 9.27. The molecule has 1 aliphatic rings. The molecule has 0 atom stereocenters. The van der Waals surface area contributed by atoms with Gasteiger partial charge >= 0.3 is 0 Å². The Labute approximate surface area is 238 Å². The van der Waals surface area contributed by atoms with Crippen molar-refractivity contribution >= 4 is 43.2 Å². The number of benzene rings is 6. The number of para-hydroxylation sites is 1. The maximum absolute atomic E-state index is 4.85. The third-order valence-electron chi connectivity index (χ3n) is 9.27. The highest BCUT2D eigenvalue weighted by atomic mass is 14.7. The molecular formula is C39H26N2. The van der Waals surface area contributed by atoms with Crippen LogP contribution in [-0.2, 0) is 5.41 Å². The predicted molar refractivity (Wildman–Crippen MR) is 172 cm³/mol. The summed E-state index contributed by atoms with van der Waals surface area (Å²) in [5, 5.41) is 9.19. The third kappa shape index (κ3) is 3.13. The van der Waals surface area contributed by atoms with Crippen molar-refractivity contribution in [3.05, 3.63) is 133 Å². The van der Waals surface area contributed by atoms with E-state index in [-0.39, 0.29) is 5.41 Å². The van der Waals surface area contributed by atoms with E-state index in [0.29, 0.717) is 0 Å². The lowest BCUT2D eigenvalue weighted by molar-refractivity contribution is 0.661. The van der Waals surface area contributed by atoms with Gasteiger partial charge in [-0.3, -0.25) is 9.97 Å². The molecule has 2 heteroatoms. The first-order valence-corrected chi connectivity index (χ1v) is 14.2. The lowest BCUT2D eigenvalue weighted by Gasteiger charge is -2.23. The van der Waals surface area contributed by atoms with Crippen LogP contribution in [0.2, 0.25) is 0 Å². The monoisotopic (exact) mass is 522 g/mol. The van der Waals surface area contributed by atoms with Crippen molar-refractivity contribution in [1.29, 1.82) is 0 Å². The molecule has 0 N–H and O–H groups in total. The van der Waals surface area contributed by atoms with Crippen LogP contribution in [0.1, 0.15) is 25.0 Å². The van der Waals surface area contributed by atoms with Crippen LogP contribution in [0.4, 0.5) is 0 Å². The van der Waals surface area contributed by atoms with Crippen LogP contribution in [-0.4, -0.2) is 9.97 Å². The minimum atomic E-state index is -0.102. The standard InChI is InChI=1S/C39H26N2/c1-39(2)32-19-25(28-14-17-35(40-21-28)29-18-26-6-3-4-9-34(26)41-22-29)13-15-30(32)38-31-16-12-24-8-5-7-23-10-11-27(20-33(38)39)37(31)36(23)24/h3-22H,1-2H3. The van der Waals surface area contributed by atoms with Crippen LogP contribution in [0.15, 0.2) is 122 Å². The van der Waals surface area contributed by atoms with Gasteiger partial charge in [-0.05, 0) is 90.5 Å². The fourth-order valence-corrected chi connectivity index (χ4v) is 7.14. The summed E-state index contributed by atoms with van der Waals surface area (Å²) >= 11 is 0. The topological polar surface area (TPSA) is 25.8 Å². The molecule has 8 aromatic rings. The molecule has 0 amide bonds. The zero-order valence-electron chi connectivity index (χ0n) is 22.9. The van der Waals surface area contributed by atoms with E-state index in [4.69, 9.17) is 4.98 Å². The molecule has 9 rings (SSSR count). The molecule has 2 aromatic heterocycles. The van der Waals surface area contributed by atoms with Crippen molar-refractivity contribution in [1.82, 2.24) is 9.97 Å². The van der Waals surface area contributed by atoms with Gasteiger partial charge in [0.1, 0.15) is 0 Å². The van der Waals surface area contributed by atoms with Gasteiger partial charge in [-0.2, -0.15) is 0 Å². The van der Waals surface area contributed by atoms with Crippen molar-refractivity contribution < 1.29 is 0 Å². The van der Waals surface area contributed by atoms with Crippen LogP contribution in [0.3, 0.4) is 0 Å². The Morgan fingerprint density at radius 1 is 0.512 bits per heavy atom. The molecule has 0 radical (unpaired) electrons. The molecule has 192 valence electrons. The lowest BCUT2D eigenvalue weighted by atomic mass is 9.80. The fraction of sp³-hybridized carbons (Fsp3) is 0.0769. The highest BCUT2D eigenvalue weighted by Crippen LogP contribution is 2.54. The summed E-state index contributed by atoms with van der Waals surface area (Å²) in [4.78, 5) is 9.47. The molecule has 0 unspecified atom stereocenters. The van der Waals surface area contributed by atoms with Gasteiger partial charge in [0.05, 0.1) is 11.2 Å². The number of rotatable bonds is 2. The Morgan fingerprint density at radius 2 is 1.27 bits per heavy atom. The van der Waals surface area contributed by atoms with Crippen molar-refractivity contribution in [2.45, 2.75) is 19.3 Å². The van der Waals surface area contributed by atoms with Crippen LogP contribution in [0.5, 0.6) is 0 Å². The summed E-state index contributed by atoms with van der Waals surface area (Å²) in [5.74, 6) is 0. The molecule has 2 heterocycles. The van der Waals surface area contributed by atoms with Crippen molar-refractivity contribution in [2.24, 2.45) is 0 Å². The molecular weight excluding hydrogens is 496 g/mol. The molecule has 2 nitrogen and oxygen atoms in total. The second-order valence-corrected chi connectivity index (χ2v) is 11.9. The van der Waals surface area contributed by atoms with Gasteiger partial charge in [-0.1, -0.05) is 92.7 Å². The number of nitrogens with zero attached hydrogens (tertiary/aromatic N) is 2. The molecule has 0 bridgehead atoms. The molecule has 0 fully saturated rings. The Kier molecular flexibility index (Phi) is 4.42. The quantitative estimate of drug-likeness (QED) is 0.211. The maximum atomic E-state index is 4.85. The number of aromatic nitrogens is 2. The van der Waals surface area contributed by atoms with E-state index >= 15 is 0 Å². The molecule has 0 saturated heterocycles. The van der Waals surface area contributed by atoms with Crippen molar-refractivity contribution in [3.63, 3.8) is 0 Å². The lowest BCUT2D eigenvalue weighted by Crippen LogP contribution is -2.15. The van der Waals surface area contributed by atoms with Crippen molar-refractivity contribution in [2.75, 3.05) is 0 Å². The van der Waals surface area contributed by atoms with Gasteiger partial charge in [0.25, 0.3) is 0 Å². The van der Waals surface area contributed by atoms with E-state index in [9.17, 15) is 0 Å². The minimum absolute atomic E-state index is 0.102. The van der Waals surface area contributed by atoms with Gasteiger partial charge in [0, 0.05) is 34.3 Å². The highest BCUT2D eigenvalue weighted by molar-refractivity contribution is 6.26. The van der Waals surface area contributed by atoms with E-state index in [1.165, 1.54) is 60.1 Å². The number of fused-ring (bicyclic) bond motifs is 5. The Morgan fingerprint density at radius 3 is 2.12 bits per heavy atom.